The van der Waals surface area contributed by atoms with E-state index in [4.69, 9.17) is 21.1 Å². The second-order valence-corrected chi connectivity index (χ2v) is 9.00. The molecule has 0 radical (unpaired) electrons. The molecule has 1 N–H and O–H groups in total. The summed E-state index contributed by atoms with van der Waals surface area (Å²) in [5.74, 6) is -1.10. The van der Waals surface area contributed by atoms with E-state index in [9.17, 15) is 19.2 Å². The summed E-state index contributed by atoms with van der Waals surface area (Å²) < 4.78 is 15.8. The molecule has 3 amide bonds. The number of rotatable bonds is 8. The Balaban J connectivity index is 1.74. The molecular weight excluding hydrogens is 552 g/mol. The van der Waals surface area contributed by atoms with E-state index >= 15 is 0 Å². The van der Waals surface area contributed by atoms with Crippen LogP contribution in [-0.4, -0.2) is 55.3 Å². The number of halogens is 2. The van der Waals surface area contributed by atoms with E-state index in [-0.39, 0.29) is 17.3 Å². The fourth-order valence-corrected chi connectivity index (χ4v) is 4.18. The Bertz CT molecular complexity index is 1170. The quantitative estimate of drug-likeness (QED) is 0.369. The molecule has 0 unspecified atom stereocenters. The molecule has 0 atom stereocenters. The summed E-state index contributed by atoms with van der Waals surface area (Å²) in [4.78, 5) is 49.8. The average Bonchev–Trinajstić information content (AvgIpc) is 3.07. The summed E-state index contributed by atoms with van der Waals surface area (Å²) in [5.41, 5.74) is 1.01. The molecule has 12 heteroatoms. The Kier molecular flexibility index (Phi) is 8.59. The second kappa shape index (κ2) is 11.4. The summed E-state index contributed by atoms with van der Waals surface area (Å²) in [5, 5.41) is 2.56. The number of esters is 1. The van der Waals surface area contributed by atoms with Gasteiger partial charge < -0.3 is 19.5 Å². The van der Waals surface area contributed by atoms with Gasteiger partial charge in [-0.05, 0) is 59.8 Å². The van der Waals surface area contributed by atoms with Crippen molar-refractivity contribution in [1.29, 1.82) is 0 Å². The van der Waals surface area contributed by atoms with Crippen LogP contribution in [0.15, 0.2) is 45.8 Å². The van der Waals surface area contributed by atoms with Crippen LogP contribution in [0.3, 0.4) is 0 Å². The van der Waals surface area contributed by atoms with Gasteiger partial charge in [0, 0.05) is 15.2 Å². The number of carbonyl (C=O) groups excluding carboxylic acids is 4. The Hall–Kier alpha value is -3.02. The molecule has 0 spiro atoms. The van der Waals surface area contributed by atoms with Crippen molar-refractivity contribution in [3.8, 4) is 11.5 Å². The van der Waals surface area contributed by atoms with E-state index in [2.05, 4.69) is 26.0 Å². The van der Waals surface area contributed by atoms with Crippen molar-refractivity contribution in [2.75, 3.05) is 32.7 Å². The molecule has 2 aromatic rings. The molecule has 34 heavy (non-hydrogen) atoms. The van der Waals surface area contributed by atoms with Crippen LogP contribution in [0.2, 0.25) is 5.02 Å². The zero-order valence-electron chi connectivity index (χ0n) is 17.9. The Morgan fingerprint density at radius 2 is 1.85 bits per heavy atom. The van der Waals surface area contributed by atoms with Gasteiger partial charge in [-0.3, -0.25) is 19.3 Å². The Morgan fingerprint density at radius 3 is 2.50 bits per heavy atom. The van der Waals surface area contributed by atoms with Gasteiger partial charge in [0.2, 0.25) is 5.91 Å². The smallest absolute Gasteiger partial charge is 0.343 e. The number of thioether (sulfide) groups is 1. The van der Waals surface area contributed by atoms with Crippen LogP contribution in [-0.2, 0) is 19.1 Å². The zero-order valence-corrected chi connectivity index (χ0v) is 21.1. The van der Waals surface area contributed by atoms with Gasteiger partial charge in [0.25, 0.3) is 11.1 Å². The Morgan fingerprint density at radius 1 is 1.15 bits per heavy atom. The third kappa shape index (κ3) is 6.31. The molecule has 2 aromatic carbocycles. The number of hydrogen-bond acceptors (Lipinski definition) is 8. The highest BCUT2D eigenvalue weighted by atomic mass is 79.9. The maximum absolute atomic E-state index is 12.8. The van der Waals surface area contributed by atoms with Crippen LogP contribution >= 0.6 is 39.3 Å². The monoisotopic (exact) mass is 568 g/mol. The van der Waals surface area contributed by atoms with E-state index in [0.717, 1.165) is 16.7 Å². The SMILES string of the molecule is COC(=O)COc1cc(Br)c(/C=C2/SC(=O)N(CC(=O)Nc3ccc(Cl)cc3)C2=O)cc1OC. The number of benzene rings is 2. The number of carbonyl (C=O) groups is 4. The van der Waals surface area contributed by atoms with E-state index in [1.807, 2.05) is 0 Å². The lowest BCUT2D eigenvalue weighted by Gasteiger charge is -2.13. The first-order chi connectivity index (χ1) is 16.2. The molecule has 0 bridgehead atoms. The molecule has 0 aliphatic carbocycles. The first-order valence-corrected chi connectivity index (χ1v) is 11.6. The number of nitrogens with one attached hydrogen (secondary N) is 1. The standard InChI is InChI=1S/C22H18BrClN2O7S/c1-31-16-7-12(15(23)9-17(16)33-11-20(28)32-2)8-18-21(29)26(22(30)34-18)10-19(27)25-14-5-3-13(24)4-6-14/h3-9H,10-11H2,1-2H3,(H,25,27)/b18-8+. The van der Waals surface area contributed by atoms with Gasteiger partial charge in [-0.15, -0.1) is 0 Å². The highest BCUT2D eigenvalue weighted by Crippen LogP contribution is 2.38. The summed E-state index contributed by atoms with van der Waals surface area (Å²) in [6, 6.07) is 9.58. The lowest BCUT2D eigenvalue weighted by atomic mass is 10.2. The number of amides is 3. The number of hydrogen-bond donors (Lipinski definition) is 1. The largest absolute Gasteiger partial charge is 0.493 e. The molecule has 3 rings (SSSR count). The van der Waals surface area contributed by atoms with Crippen molar-refractivity contribution in [2.24, 2.45) is 0 Å². The van der Waals surface area contributed by atoms with Gasteiger partial charge in [-0.2, -0.15) is 0 Å². The lowest BCUT2D eigenvalue weighted by Crippen LogP contribution is -2.36. The van der Waals surface area contributed by atoms with Crippen molar-refractivity contribution in [3.63, 3.8) is 0 Å². The molecule has 1 aliphatic heterocycles. The van der Waals surface area contributed by atoms with Crippen LogP contribution in [0.1, 0.15) is 5.56 Å². The first-order valence-electron chi connectivity index (χ1n) is 9.59. The third-order valence-corrected chi connectivity index (χ3v) is 6.29. The van der Waals surface area contributed by atoms with E-state index in [1.54, 1.807) is 36.4 Å². The van der Waals surface area contributed by atoms with E-state index in [1.165, 1.54) is 20.3 Å². The van der Waals surface area contributed by atoms with Crippen molar-refractivity contribution in [2.45, 2.75) is 0 Å². The van der Waals surface area contributed by atoms with Crippen LogP contribution in [0, 0.1) is 0 Å². The van der Waals surface area contributed by atoms with Gasteiger partial charge in [0.05, 0.1) is 19.1 Å². The average molecular weight is 570 g/mol. The number of methoxy groups -OCH3 is 2. The Labute approximate surface area is 212 Å². The molecule has 1 heterocycles. The fourth-order valence-electron chi connectivity index (χ4n) is 2.78. The second-order valence-electron chi connectivity index (χ2n) is 6.71. The van der Waals surface area contributed by atoms with E-state index in [0.29, 0.717) is 26.5 Å². The van der Waals surface area contributed by atoms with Crippen LogP contribution in [0.5, 0.6) is 11.5 Å². The number of ether oxygens (including phenoxy) is 3. The molecule has 178 valence electrons. The third-order valence-electron chi connectivity index (χ3n) is 4.45. The highest BCUT2D eigenvalue weighted by Gasteiger charge is 2.36. The van der Waals surface area contributed by atoms with Gasteiger partial charge in [-0.1, -0.05) is 27.5 Å². The summed E-state index contributed by atoms with van der Waals surface area (Å²) in [6.07, 6.45) is 1.50. The predicted molar refractivity (Wildman–Crippen MR) is 131 cm³/mol. The molecule has 0 saturated carbocycles. The number of anilines is 1. The minimum absolute atomic E-state index is 0.135. The van der Waals surface area contributed by atoms with Crippen molar-refractivity contribution < 1.29 is 33.4 Å². The maximum Gasteiger partial charge on any atom is 0.343 e. The normalized spacial score (nSPS) is 14.4. The number of imide groups is 1. The van der Waals surface area contributed by atoms with Gasteiger partial charge in [-0.25, -0.2) is 4.79 Å². The predicted octanol–water partition coefficient (Wildman–Crippen LogP) is 4.34. The van der Waals surface area contributed by atoms with Crippen LogP contribution in [0.25, 0.3) is 6.08 Å². The molecule has 1 fully saturated rings. The summed E-state index contributed by atoms with van der Waals surface area (Å²) >= 11 is 9.93. The minimum atomic E-state index is -0.599. The lowest BCUT2D eigenvalue weighted by molar-refractivity contribution is -0.143. The van der Waals surface area contributed by atoms with Crippen molar-refractivity contribution >= 4 is 74.1 Å². The fraction of sp³-hybridized carbons (Fsp3) is 0.182. The zero-order chi connectivity index (χ0) is 24.8. The highest BCUT2D eigenvalue weighted by molar-refractivity contribution is 9.10. The molecule has 1 aliphatic rings. The van der Waals surface area contributed by atoms with E-state index < -0.39 is 29.6 Å². The van der Waals surface area contributed by atoms with Crippen molar-refractivity contribution in [1.82, 2.24) is 4.90 Å². The van der Waals surface area contributed by atoms with Crippen LogP contribution in [0.4, 0.5) is 10.5 Å². The molecular formula is C22H18BrClN2O7S. The minimum Gasteiger partial charge on any atom is -0.493 e. The van der Waals surface area contributed by atoms with Gasteiger partial charge in [0.1, 0.15) is 6.54 Å². The maximum atomic E-state index is 12.8. The molecule has 1 saturated heterocycles. The van der Waals surface area contributed by atoms with Crippen LogP contribution < -0.4 is 14.8 Å². The topological polar surface area (TPSA) is 111 Å². The van der Waals surface area contributed by atoms with Gasteiger partial charge in [0.15, 0.2) is 18.1 Å². The first kappa shape index (κ1) is 25.6. The van der Waals surface area contributed by atoms with Crippen molar-refractivity contribution in [3.05, 3.63) is 56.4 Å². The summed E-state index contributed by atoms with van der Waals surface area (Å²) in [6.45, 7) is -0.745. The molecule has 9 nitrogen and oxygen atoms in total. The van der Waals surface area contributed by atoms with Gasteiger partial charge >= 0.3 is 5.97 Å². The number of nitrogens with zero attached hydrogens (tertiary/aromatic N) is 1. The summed E-state index contributed by atoms with van der Waals surface area (Å²) in [7, 11) is 2.67. The molecule has 0 aromatic heterocycles.